The maximum atomic E-state index is 11.8. The summed E-state index contributed by atoms with van der Waals surface area (Å²) in [4.78, 5) is 31.8. The van der Waals surface area contributed by atoms with Gasteiger partial charge in [0.1, 0.15) is 5.70 Å². The second kappa shape index (κ2) is 7.47. The lowest BCUT2D eigenvalue weighted by atomic mass is 10.1. The average molecular weight is 352 g/mol. The zero-order chi connectivity index (χ0) is 18.5. The van der Waals surface area contributed by atoms with Gasteiger partial charge in [-0.05, 0) is 18.2 Å². The Labute approximate surface area is 149 Å². The molecule has 0 bridgehead atoms. The van der Waals surface area contributed by atoms with Gasteiger partial charge in [0.25, 0.3) is 0 Å². The van der Waals surface area contributed by atoms with Gasteiger partial charge in [-0.1, -0.05) is 12.1 Å². The summed E-state index contributed by atoms with van der Waals surface area (Å²) in [7, 11) is 2.46. The standard InChI is InChI=1S/C18H16N4O4/c1-25-16(23)10-14(17(24)26-2)20-13-6-4-12(5-7-13)15-11-22-9-3-8-19-18(22)21-15/h3-11,20H,1-2H3/b14-10+. The van der Waals surface area contributed by atoms with Crippen LogP contribution in [0.5, 0.6) is 0 Å². The lowest BCUT2D eigenvalue weighted by molar-refractivity contribution is -0.138. The van der Waals surface area contributed by atoms with Crippen molar-refractivity contribution in [3.05, 3.63) is 60.7 Å². The van der Waals surface area contributed by atoms with E-state index in [1.807, 2.05) is 35.0 Å². The molecule has 0 aliphatic rings. The number of ether oxygens (including phenoxy) is 2. The quantitative estimate of drug-likeness (QED) is 0.554. The normalized spacial score (nSPS) is 11.2. The van der Waals surface area contributed by atoms with Crippen LogP contribution in [0.3, 0.4) is 0 Å². The van der Waals surface area contributed by atoms with Gasteiger partial charge in [-0.25, -0.2) is 19.6 Å². The van der Waals surface area contributed by atoms with Crippen LogP contribution in [0.15, 0.2) is 60.7 Å². The van der Waals surface area contributed by atoms with Crippen molar-refractivity contribution in [3.63, 3.8) is 0 Å². The molecule has 0 radical (unpaired) electrons. The van der Waals surface area contributed by atoms with Crippen molar-refractivity contribution in [2.45, 2.75) is 0 Å². The van der Waals surface area contributed by atoms with Gasteiger partial charge in [0.2, 0.25) is 5.78 Å². The van der Waals surface area contributed by atoms with Crippen molar-refractivity contribution in [1.29, 1.82) is 0 Å². The largest absolute Gasteiger partial charge is 0.466 e. The molecule has 0 saturated heterocycles. The number of carbonyl (C=O) groups is 2. The summed E-state index contributed by atoms with van der Waals surface area (Å²) in [5.74, 6) is -0.726. The number of imidazole rings is 1. The third kappa shape index (κ3) is 3.69. The van der Waals surface area contributed by atoms with E-state index in [9.17, 15) is 9.59 Å². The Kier molecular flexibility index (Phi) is 4.93. The molecule has 26 heavy (non-hydrogen) atoms. The van der Waals surface area contributed by atoms with Crippen molar-refractivity contribution in [2.75, 3.05) is 19.5 Å². The number of methoxy groups -OCH3 is 2. The van der Waals surface area contributed by atoms with Crippen LogP contribution in [-0.4, -0.2) is 40.5 Å². The maximum Gasteiger partial charge on any atom is 0.354 e. The molecular weight excluding hydrogens is 336 g/mol. The van der Waals surface area contributed by atoms with Crippen LogP contribution < -0.4 is 5.32 Å². The fraction of sp³-hybridized carbons (Fsp3) is 0.111. The van der Waals surface area contributed by atoms with Crippen LogP contribution in [0.2, 0.25) is 0 Å². The van der Waals surface area contributed by atoms with Crippen LogP contribution in [0.25, 0.3) is 17.0 Å². The van der Waals surface area contributed by atoms with Crippen LogP contribution in [0.4, 0.5) is 5.69 Å². The fourth-order valence-electron chi connectivity index (χ4n) is 2.28. The lowest BCUT2D eigenvalue weighted by Gasteiger charge is -2.09. The number of anilines is 1. The Hall–Kier alpha value is -3.68. The van der Waals surface area contributed by atoms with E-state index < -0.39 is 11.9 Å². The van der Waals surface area contributed by atoms with Gasteiger partial charge < -0.3 is 14.8 Å². The van der Waals surface area contributed by atoms with Gasteiger partial charge in [0.05, 0.1) is 26.0 Å². The third-order valence-corrected chi connectivity index (χ3v) is 3.56. The van der Waals surface area contributed by atoms with Crippen molar-refractivity contribution in [2.24, 2.45) is 0 Å². The molecule has 0 saturated carbocycles. The van der Waals surface area contributed by atoms with Crippen LogP contribution >= 0.6 is 0 Å². The Morgan fingerprint density at radius 1 is 1.15 bits per heavy atom. The van der Waals surface area contributed by atoms with Gasteiger partial charge in [-0.15, -0.1) is 0 Å². The van der Waals surface area contributed by atoms with Crippen molar-refractivity contribution in [1.82, 2.24) is 14.4 Å². The number of benzene rings is 1. The smallest absolute Gasteiger partial charge is 0.354 e. The van der Waals surface area contributed by atoms with E-state index in [0.29, 0.717) is 11.5 Å². The van der Waals surface area contributed by atoms with E-state index in [4.69, 9.17) is 0 Å². The van der Waals surface area contributed by atoms with Gasteiger partial charge in [0.15, 0.2) is 0 Å². The predicted octanol–water partition coefficient (Wildman–Crippen LogP) is 2.04. The summed E-state index contributed by atoms with van der Waals surface area (Å²) in [6, 6.07) is 9.05. The highest BCUT2D eigenvalue weighted by atomic mass is 16.5. The number of nitrogens with one attached hydrogen (secondary N) is 1. The highest BCUT2D eigenvalue weighted by molar-refractivity contribution is 5.98. The van der Waals surface area contributed by atoms with E-state index >= 15 is 0 Å². The first-order valence-electron chi connectivity index (χ1n) is 7.66. The highest BCUT2D eigenvalue weighted by Gasteiger charge is 2.13. The van der Waals surface area contributed by atoms with E-state index in [0.717, 1.165) is 17.3 Å². The highest BCUT2D eigenvalue weighted by Crippen LogP contribution is 2.21. The van der Waals surface area contributed by atoms with Crippen LogP contribution in [-0.2, 0) is 19.1 Å². The summed E-state index contributed by atoms with van der Waals surface area (Å²) >= 11 is 0. The second-order valence-corrected chi connectivity index (χ2v) is 5.23. The molecule has 0 aliphatic carbocycles. The summed E-state index contributed by atoms with van der Waals surface area (Å²) in [6.07, 6.45) is 6.46. The first kappa shape index (κ1) is 17.2. The molecular formula is C18H16N4O4. The molecule has 0 aliphatic heterocycles. The van der Waals surface area contributed by atoms with Crippen LogP contribution in [0.1, 0.15) is 0 Å². The molecule has 2 heterocycles. The number of aromatic nitrogens is 3. The number of hydrogen-bond donors (Lipinski definition) is 1. The fourth-order valence-corrected chi connectivity index (χ4v) is 2.28. The first-order valence-corrected chi connectivity index (χ1v) is 7.66. The monoisotopic (exact) mass is 352 g/mol. The summed E-state index contributed by atoms with van der Waals surface area (Å²) in [5.41, 5.74) is 2.24. The Morgan fingerprint density at radius 2 is 1.92 bits per heavy atom. The molecule has 3 aromatic rings. The topological polar surface area (TPSA) is 94.8 Å². The maximum absolute atomic E-state index is 11.8. The molecule has 0 fully saturated rings. The van der Waals surface area contributed by atoms with Gasteiger partial charge >= 0.3 is 11.9 Å². The molecule has 0 spiro atoms. The zero-order valence-corrected chi connectivity index (χ0v) is 14.2. The van der Waals surface area contributed by atoms with Gasteiger partial charge in [0, 0.05) is 29.8 Å². The molecule has 3 rings (SSSR count). The lowest BCUT2D eigenvalue weighted by Crippen LogP contribution is -2.15. The Balaban J connectivity index is 1.83. The SMILES string of the molecule is COC(=O)/C=C(/Nc1ccc(-c2cn3cccnc3n2)cc1)C(=O)OC. The van der Waals surface area contributed by atoms with Crippen molar-refractivity contribution in [3.8, 4) is 11.3 Å². The number of hydrogen-bond acceptors (Lipinski definition) is 7. The first-order chi connectivity index (χ1) is 12.6. The molecule has 0 unspecified atom stereocenters. The van der Waals surface area contributed by atoms with E-state index in [2.05, 4.69) is 24.8 Å². The van der Waals surface area contributed by atoms with Crippen molar-refractivity contribution < 1.29 is 19.1 Å². The van der Waals surface area contributed by atoms with Gasteiger partial charge in [-0.2, -0.15) is 0 Å². The number of rotatable bonds is 5. The number of carbonyl (C=O) groups excluding carboxylic acids is 2. The summed E-state index contributed by atoms with van der Waals surface area (Å²) in [6.45, 7) is 0. The molecule has 8 nitrogen and oxygen atoms in total. The molecule has 2 aromatic heterocycles. The third-order valence-electron chi connectivity index (χ3n) is 3.56. The minimum Gasteiger partial charge on any atom is -0.466 e. The Bertz CT molecular complexity index is 943. The van der Waals surface area contributed by atoms with Crippen LogP contribution in [0, 0.1) is 0 Å². The van der Waals surface area contributed by atoms with Gasteiger partial charge in [-0.3, -0.25) is 4.40 Å². The van der Waals surface area contributed by atoms with E-state index in [-0.39, 0.29) is 5.70 Å². The number of nitrogens with zero attached hydrogens (tertiary/aromatic N) is 3. The minimum atomic E-state index is -0.675. The summed E-state index contributed by atoms with van der Waals surface area (Å²) in [5, 5.41) is 2.85. The second-order valence-electron chi connectivity index (χ2n) is 5.23. The number of fused-ring (bicyclic) bond motifs is 1. The number of esters is 2. The summed E-state index contributed by atoms with van der Waals surface area (Å²) < 4.78 is 11.0. The Morgan fingerprint density at radius 3 is 2.58 bits per heavy atom. The average Bonchev–Trinajstić information content (AvgIpc) is 3.11. The molecule has 1 aromatic carbocycles. The molecule has 8 heteroatoms. The van der Waals surface area contributed by atoms with Crippen molar-refractivity contribution >= 4 is 23.4 Å². The van der Waals surface area contributed by atoms with E-state index in [1.165, 1.54) is 14.2 Å². The van der Waals surface area contributed by atoms with E-state index in [1.54, 1.807) is 18.3 Å². The zero-order valence-electron chi connectivity index (χ0n) is 14.2. The predicted molar refractivity (Wildman–Crippen MR) is 94.2 cm³/mol. The molecule has 1 N–H and O–H groups in total. The molecule has 132 valence electrons. The molecule has 0 atom stereocenters. The minimum absolute atomic E-state index is 0.0240. The molecule has 0 amide bonds.